The number of anilines is 1. The van der Waals surface area contributed by atoms with Crippen LogP contribution in [0.25, 0.3) is 0 Å². The highest BCUT2D eigenvalue weighted by Crippen LogP contribution is 2.39. The van der Waals surface area contributed by atoms with Crippen LogP contribution in [-0.4, -0.2) is 47.2 Å². The van der Waals surface area contributed by atoms with E-state index in [9.17, 15) is 33.0 Å². The highest BCUT2D eigenvalue weighted by Gasteiger charge is 2.40. The van der Waals surface area contributed by atoms with Crippen molar-refractivity contribution < 1.29 is 37.7 Å². The molecule has 0 saturated heterocycles. The van der Waals surface area contributed by atoms with E-state index in [2.05, 4.69) is 5.32 Å². The van der Waals surface area contributed by atoms with Crippen LogP contribution in [0.1, 0.15) is 27.2 Å². The molecule has 152 valence electrons. The molecule has 7 nitrogen and oxygen atoms in total. The predicted octanol–water partition coefficient (Wildman–Crippen LogP) is 1.62. The third kappa shape index (κ3) is 4.61. The quantitative estimate of drug-likeness (QED) is 0.597. The van der Waals surface area contributed by atoms with Crippen LogP contribution < -0.4 is 10.6 Å². The SMILES string of the molecule is O=C(NC1=CCOC(O)C=C1)c1c(NC(=O)C(F)(F)F)sc2c1CCC(O)C2. The van der Waals surface area contributed by atoms with Crippen LogP contribution in [0.15, 0.2) is 23.9 Å². The Hall–Kier alpha value is -2.21. The normalized spacial score (nSPS) is 22.1. The number of ether oxygens (including phenoxy) is 1. The van der Waals surface area contributed by atoms with Gasteiger partial charge in [-0.3, -0.25) is 9.59 Å². The van der Waals surface area contributed by atoms with Gasteiger partial charge in [-0.25, -0.2) is 0 Å². The van der Waals surface area contributed by atoms with Crippen molar-refractivity contribution in [2.45, 2.75) is 37.8 Å². The Kier molecular flexibility index (Phi) is 5.89. The van der Waals surface area contributed by atoms with E-state index >= 15 is 0 Å². The Morgan fingerprint density at radius 3 is 2.71 bits per heavy atom. The summed E-state index contributed by atoms with van der Waals surface area (Å²) in [6.07, 6.45) is -1.84. The molecule has 28 heavy (non-hydrogen) atoms. The average Bonchev–Trinajstić information content (AvgIpc) is 2.82. The van der Waals surface area contributed by atoms with Crippen LogP contribution in [0.5, 0.6) is 0 Å². The highest BCUT2D eigenvalue weighted by atomic mass is 32.1. The molecule has 1 aromatic rings. The molecule has 11 heteroatoms. The summed E-state index contributed by atoms with van der Waals surface area (Å²) in [5, 5.41) is 23.3. The Balaban J connectivity index is 1.91. The Labute approximate surface area is 161 Å². The monoisotopic (exact) mass is 418 g/mol. The van der Waals surface area contributed by atoms with Gasteiger partial charge in [0, 0.05) is 17.0 Å². The molecular formula is C17H17F3N2O5S. The van der Waals surface area contributed by atoms with E-state index in [1.807, 2.05) is 0 Å². The number of hydrogen-bond donors (Lipinski definition) is 4. The van der Waals surface area contributed by atoms with Crippen LogP contribution in [0.3, 0.4) is 0 Å². The minimum atomic E-state index is -5.10. The van der Waals surface area contributed by atoms with Crippen LogP contribution in [0.4, 0.5) is 18.2 Å². The zero-order chi connectivity index (χ0) is 20.5. The molecule has 0 saturated carbocycles. The molecule has 1 aromatic heterocycles. The molecule has 2 heterocycles. The molecule has 0 fully saturated rings. The van der Waals surface area contributed by atoms with Gasteiger partial charge in [-0.15, -0.1) is 11.3 Å². The number of nitrogens with one attached hydrogen (secondary N) is 2. The zero-order valence-electron chi connectivity index (χ0n) is 14.4. The fourth-order valence-corrected chi connectivity index (χ4v) is 4.21. The summed E-state index contributed by atoms with van der Waals surface area (Å²) in [6, 6.07) is 0. The summed E-state index contributed by atoms with van der Waals surface area (Å²) in [5.41, 5.74) is 0.759. The summed E-state index contributed by atoms with van der Waals surface area (Å²) in [4.78, 5) is 24.7. The van der Waals surface area contributed by atoms with Crippen molar-refractivity contribution in [1.29, 1.82) is 0 Å². The van der Waals surface area contributed by atoms with Gasteiger partial charge in [0.2, 0.25) is 0 Å². The minimum absolute atomic E-state index is 0.0232. The molecule has 1 aliphatic heterocycles. The number of aliphatic hydroxyl groups is 2. The molecule has 2 atom stereocenters. The van der Waals surface area contributed by atoms with Crippen molar-refractivity contribution in [3.63, 3.8) is 0 Å². The van der Waals surface area contributed by atoms with E-state index in [4.69, 9.17) is 4.74 Å². The van der Waals surface area contributed by atoms with Crippen molar-refractivity contribution in [1.82, 2.24) is 5.32 Å². The topological polar surface area (TPSA) is 108 Å². The fraction of sp³-hybridized carbons (Fsp3) is 0.412. The lowest BCUT2D eigenvalue weighted by atomic mass is 9.93. The van der Waals surface area contributed by atoms with Gasteiger partial charge in [-0.1, -0.05) is 0 Å². The third-order valence-electron chi connectivity index (χ3n) is 4.22. The number of carbonyl (C=O) groups excluding carboxylic acids is 2. The van der Waals surface area contributed by atoms with Gasteiger partial charge in [-0.05, 0) is 36.6 Å². The number of allylic oxidation sites excluding steroid dienone is 1. The number of amides is 2. The first-order valence-corrected chi connectivity index (χ1v) is 9.17. The van der Waals surface area contributed by atoms with Gasteiger partial charge in [0.15, 0.2) is 6.29 Å². The van der Waals surface area contributed by atoms with Crippen LogP contribution in [0.2, 0.25) is 0 Å². The zero-order valence-corrected chi connectivity index (χ0v) is 15.2. The Bertz CT molecular complexity index is 847. The molecule has 1 aliphatic carbocycles. The molecule has 0 aromatic carbocycles. The number of aliphatic hydroxyl groups excluding tert-OH is 2. The number of carbonyl (C=O) groups is 2. The molecular weight excluding hydrogens is 401 g/mol. The highest BCUT2D eigenvalue weighted by molar-refractivity contribution is 7.17. The van der Waals surface area contributed by atoms with Crippen LogP contribution >= 0.6 is 11.3 Å². The van der Waals surface area contributed by atoms with Gasteiger partial charge in [0.1, 0.15) is 5.00 Å². The molecule has 3 rings (SSSR count). The van der Waals surface area contributed by atoms with Crippen LogP contribution in [-0.2, 0) is 22.4 Å². The summed E-state index contributed by atoms with van der Waals surface area (Å²) in [6.45, 7) is 0.0232. The van der Waals surface area contributed by atoms with Crippen molar-refractivity contribution in [2.24, 2.45) is 0 Å². The summed E-state index contributed by atoms with van der Waals surface area (Å²) < 4.78 is 42.9. The number of alkyl halides is 3. The summed E-state index contributed by atoms with van der Waals surface area (Å²) in [7, 11) is 0. The van der Waals surface area contributed by atoms with Gasteiger partial charge < -0.3 is 25.6 Å². The van der Waals surface area contributed by atoms with Gasteiger partial charge in [0.25, 0.3) is 5.91 Å². The van der Waals surface area contributed by atoms with Gasteiger partial charge >= 0.3 is 12.1 Å². The van der Waals surface area contributed by atoms with E-state index in [1.54, 1.807) is 5.32 Å². The molecule has 0 spiro atoms. The molecule has 2 unspecified atom stereocenters. The number of thiophene rings is 1. The van der Waals surface area contributed by atoms with Crippen molar-refractivity contribution in [2.75, 3.05) is 11.9 Å². The predicted molar refractivity (Wildman–Crippen MR) is 93.7 cm³/mol. The lowest BCUT2D eigenvalue weighted by molar-refractivity contribution is -0.167. The first kappa shape index (κ1) is 20.5. The van der Waals surface area contributed by atoms with Gasteiger partial charge in [0.05, 0.1) is 18.3 Å². The maximum atomic E-state index is 12.8. The largest absolute Gasteiger partial charge is 0.471 e. The Morgan fingerprint density at radius 1 is 1.25 bits per heavy atom. The lowest BCUT2D eigenvalue weighted by Gasteiger charge is -2.18. The maximum absolute atomic E-state index is 12.8. The Morgan fingerprint density at radius 2 is 2.00 bits per heavy atom. The van der Waals surface area contributed by atoms with E-state index in [0.717, 1.165) is 11.3 Å². The first-order chi connectivity index (χ1) is 13.1. The minimum Gasteiger partial charge on any atom is -0.393 e. The first-order valence-electron chi connectivity index (χ1n) is 8.35. The smallest absolute Gasteiger partial charge is 0.393 e. The molecule has 0 radical (unpaired) electrons. The number of hydrogen-bond acceptors (Lipinski definition) is 6. The molecule has 2 amide bonds. The van der Waals surface area contributed by atoms with Crippen molar-refractivity contribution >= 4 is 28.2 Å². The van der Waals surface area contributed by atoms with Crippen LogP contribution in [0, 0.1) is 0 Å². The van der Waals surface area contributed by atoms with Crippen molar-refractivity contribution in [3.8, 4) is 0 Å². The van der Waals surface area contributed by atoms with Gasteiger partial charge in [-0.2, -0.15) is 13.2 Å². The van der Waals surface area contributed by atoms with Crippen molar-refractivity contribution in [3.05, 3.63) is 39.9 Å². The summed E-state index contributed by atoms with van der Waals surface area (Å²) in [5.74, 6) is -2.87. The number of rotatable bonds is 3. The molecule has 0 bridgehead atoms. The number of halogens is 3. The van der Waals surface area contributed by atoms with E-state index < -0.39 is 30.4 Å². The second kappa shape index (κ2) is 8.03. The fourth-order valence-electron chi connectivity index (χ4n) is 2.90. The number of fused-ring (bicyclic) bond motifs is 1. The van der Waals surface area contributed by atoms with E-state index in [-0.39, 0.29) is 23.6 Å². The second-order valence-electron chi connectivity index (χ2n) is 6.25. The third-order valence-corrected chi connectivity index (χ3v) is 5.39. The average molecular weight is 418 g/mol. The maximum Gasteiger partial charge on any atom is 0.471 e. The second-order valence-corrected chi connectivity index (χ2v) is 7.36. The van der Waals surface area contributed by atoms with E-state index in [1.165, 1.54) is 18.2 Å². The van der Waals surface area contributed by atoms with E-state index in [0.29, 0.717) is 29.0 Å². The molecule has 2 aliphatic rings. The standard InChI is InChI=1S/C17H17F3N2O5S/c18-17(19,20)16(26)22-15-13(10-3-2-9(23)7-11(10)28-15)14(25)21-8-1-4-12(24)27-6-5-8/h1,4-5,9,12,23-24H,2-3,6-7H2,(H,21,25)(H,22,26). The summed E-state index contributed by atoms with van der Waals surface area (Å²) >= 11 is 0.850. The molecule has 4 N–H and O–H groups in total. The lowest BCUT2D eigenvalue weighted by Crippen LogP contribution is -2.31.